The van der Waals surface area contributed by atoms with Gasteiger partial charge in [0.25, 0.3) is 0 Å². The molecule has 4 heteroatoms. The number of hydrogen-bond acceptors (Lipinski definition) is 4. The Labute approximate surface area is 307 Å². The molecule has 0 atom stereocenters. The molecule has 0 radical (unpaired) electrons. The highest BCUT2D eigenvalue weighted by Crippen LogP contribution is 2.62. The predicted molar refractivity (Wildman–Crippen MR) is 212 cm³/mol. The molecule has 0 fully saturated rings. The maximum atomic E-state index is 11.7. The summed E-state index contributed by atoms with van der Waals surface area (Å²) < 4.78 is 0. The molecule has 8 aromatic rings. The maximum absolute atomic E-state index is 11.7. The smallest absolute Gasteiger partial charge is 0.123 e. The lowest BCUT2D eigenvalue weighted by Crippen LogP contribution is -2.29. The summed E-state index contributed by atoms with van der Waals surface area (Å²) in [5.41, 5.74) is 10.5. The number of phenols is 4. The van der Waals surface area contributed by atoms with Crippen molar-refractivity contribution in [3.8, 4) is 78.6 Å². The molecule has 0 bridgehead atoms. The lowest BCUT2D eigenvalue weighted by Gasteiger charge is -2.37. The molecule has 254 valence electrons. The number of fused-ring (bicyclic) bond motifs is 3. The Morgan fingerprint density at radius 2 is 0.736 bits per heavy atom. The van der Waals surface area contributed by atoms with Crippen molar-refractivity contribution in [3.05, 3.63) is 204 Å². The highest BCUT2D eigenvalue weighted by molar-refractivity contribution is 6.00. The monoisotopic (exact) mass is 686 g/mol. The van der Waals surface area contributed by atoms with Crippen molar-refractivity contribution in [1.29, 1.82) is 0 Å². The van der Waals surface area contributed by atoms with E-state index in [9.17, 15) is 20.4 Å². The summed E-state index contributed by atoms with van der Waals surface area (Å²) in [5.74, 6) is 0.536. The van der Waals surface area contributed by atoms with Gasteiger partial charge in [-0.25, -0.2) is 0 Å². The van der Waals surface area contributed by atoms with Gasteiger partial charge in [0.2, 0.25) is 0 Å². The van der Waals surface area contributed by atoms with Crippen LogP contribution in [-0.4, -0.2) is 20.4 Å². The Morgan fingerprint density at radius 3 is 1.28 bits per heavy atom. The van der Waals surface area contributed by atoms with Crippen LogP contribution in [0.15, 0.2) is 182 Å². The molecule has 1 aliphatic carbocycles. The highest BCUT2D eigenvalue weighted by Gasteiger charge is 2.49. The lowest BCUT2D eigenvalue weighted by molar-refractivity contribution is 0.476. The molecular formula is C49H34O4. The van der Waals surface area contributed by atoms with Crippen LogP contribution in [0.4, 0.5) is 0 Å². The Bertz CT molecular complexity index is 2570. The van der Waals surface area contributed by atoms with Crippen molar-refractivity contribution < 1.29 is 20.4 Å². The molecule has 0 unspecified atom stereocenters. The zero-order chi connectivity index (χ0) is 36.1. The van der Waals surface area contributed by atoms with Gasteiger partial charge in [0.05, 0.1) is 5.41 Å². The first-order chi connectivity index (χ1) is 26.0. The number of rotatable bonds is 6. The van der Waals surface area contributed by atoms with Crippen LogP contribution in [0.1, 0.15) is 22.3 Å². The minimum Gasteiger partial charge on any atom is -0.507 e. The normalized spacial score (nSPS) is 12.6. The summed E-state index contributed by atoms with van der Waals surface area (Å²) in [6.07, 6.45) is 0. The molecule has 53 heavy (non-hydrogen) atoms. The fraction of sp³-hybridized carbons (Fsp3) is 0.0204. The van der Waals surface area contributed by atoms with Gasteiger partial charge in [-0.2, -0.15) is 0 Å². The van der Waals surface area contributed by atoms with Gasteiger partial charge in [-0.3, -0.25) is 0 Å². The van der Waals surface area contributed by atoms with Crippen molar-refractivity contribution in [3.63, 3.8) is 0 Å². The zero-order valence-electron chi connectivity index (χ0n) is 28.6. The second-order valence-corrected chi connectivity index (χ2v) is 13.4. The highest BCUT2D eigenvalue weighted by atomic mass is 16.3. The molecule has 0 heterocycles. The number of para-hydroxylation sites is 2. The number of aromatic hydroxyl groups is 4. The SMILES string of the molecule is Oc1ccc(C2(c3ccc(O)c(-c4ccccc4)c3)c3ccccc3-c3ccc(-c4ccccc4O)c(-c4ccccc4O)c32)cc1-c1ccccc1. The van der Waals surface area contributed by atoms with Gasteiger partial charge in [-0.15, -0.1) is 0 Å². The fourth-order valence-electron chi connectivity index (χ4n) is 8.29. The first kappa shape index (κ1) is 31.9. The molecule has 0 saturated carbocycles. The zero-order valence-corrected chi connectivity index (χ0v) is 28.6. The van der Waals surface area contributed by atoms with Crippen LogP contribution in [0.3, 0.4) is 0 Å². The molecule has 4 N–H and O–H groups in total. The quantitative estimate of drug-likeness (QED) is 0.140. The van der Waals surface area contributed by atoms with E-state index in [0.717, 1.165) is 55.6 Å². The van der Waals surface area contributed by atoms with Crippen LogP contribution >= 0.6 is 0 Å². The molecule has 8 aromatic carbocycles. The van der Waals surface area contributed by atoms with Crippen molar-refractivity contribution >= 4 is 0 Å². The van der Waals surface area contributed by atoms with Gasteiger partial charge in [0.1, 0.15) is 23.0 Å². The number of benzene rings is 8. The number of phenolic OH excluding ortho intramolecular Hbond substituents is 4. The third kappa shape index (κ3) is 4.99. The average molecular weight is 687 g/mol. The molecule has 0 spiro atoms. The van der Waals surface area contributed by atoms with Crippen molar-refractivity contribution in [2.24, 2.45) is 0 Å². The second-order valence-electron chi connectivity index (χ2n) is 13.4. The minimum atomic E-state index is -1.04. The lowest BCUT2D eigenvalue weighted by atomic mass is 9.64. The summed E-state index contributed by atoms with van der Waals surface area (Å²) in [6.45, 7) is 0. The van der Waals surface area contributed by atoms with E-state index in [1.165, 1.54) is 0 Å². The fourth-order valence-corrected chi connectivity index (χ4v) is 8.29. The van der Waals surface area contributed by atoms with Crippen molar-refractivity contribution in [1.82, 2.24) is 0 Å². The minimum absolute atomic E-state index is 0.105. The van der Waals surface area contributed by atoms with Crippen molar-refractivity contribution in [2.45, 2.75) is 5.41 Å². The van der Waals surface area contributed by atoms with Crippen LogP contribution < -0.4 is 0 Å². The summed E-state index contributed by atoms with van der Waals surface area (Å²) in [6, 6.07) is 58.4. The molecule has 4 nitrogen and oxygen atoms in total. The predicted octanol–water partition coefficient (Wildman–Crippen LogP) is 11.5. The van der Waals surface area contributed by atoms with Crippen LogP contribution in [0, 0.1) is 0 Å². The van der Waals surface area contributed by atoms with Gasteiger partial charge < -0.3 is 20.4 Å². The van der Waals surface area contributed by atoms with Crippen molar-refractivity contribution in [2.75, 3.05) is 0 Å². The van der Waals surface area contributed by atoms with E-state index in [1.54, 1.807) is 30.3 Å². The van der Waals surface area contributed by atoms with Crippen LogP contribution in [0.2, 0.25) is 0 Å². The van der Waals surface area contributed by atoms with E-state index in [-0.39, 0.29) is 23.0 Å². The average Bonchev–Trinajstić information content (AvgIpc) is 3.50. The Balaban J connectivity index is 1.50. The van der Waals surface area contributed by atoms with Gasteiger partial charge in [-0.1, -0.05) is 146 Å². The standard InChI is InChI=1S/C49H34O4/c50-43-21-11-8-18-36(43)37-25-26-38-35-17-7-10-20-42(35)49(48(38)47(37)39-19-9-12-22-44(39)51,33-23-27-45(52)40(29-33)31-13-3-1-4-14-31)34-24-28-46(53)41(30-34)32-15-5-2-6-16-32/h1-30,50-53H. The van der Waals surface area contributed by atoms with Gasteiger partial charge in [-0.05, 0) is 92.0 Å². The first-order valence-electron chi connectivity index (χ1n) is 17.6. The summed E-state index contributed by atoms with van der Waals surface area (Å²) >= 11 is 0. The molecule has 0 aliphatic heterocycles. The Hall–Kier alpha value is -7.04. The van der Waals surface area contributed by atoms with Crippen LogP contribution in [-0.2, 0) is 5.41 Å². The third-order valence-corrected chi connectivity index (χ3v) is 10.6. The molecule has 0 saturated heterocycles. The molecule has 0 amide bonds. The molecule has 9 rings (SSSR count). The van der Waals surface area contributed by atoms with E-state index in [1.807, 2.05) is 121 Å². The molecular weight excluding hydrogens is 653 g/mol. The van der Waals surface area contributed by atoms with Gasteiger partial charge in [0.15, 0.2) is 0 Å². The molecule has 0 aromatic heterocycles. The first-order valence-corrected chi connectivity index (χ1v) is 17.6. The van der Waals surface area contributed by atoms with E-state index >= 15 is 0 Å². The number of hydrogen-bond donors (Lipinski definition) is 4. The van der Waals surface area contributed by atoms with E-state index in [4.69, 9.17) is 0 Å². The summed E-state index contributed by atoms with van der Waals surface area (Å²) in [7, 11) is 0. The van der Waals surface area contributed by atoms with Gasteiger partial charge in [0, 0.05) is 22.3 Å². The second kappa shape index (κ2) is 12.6. The van der Waals surface area contributed by atoms with Gasteiger partial charge >= 0.3 is 0 Å². The summed E-state index contributed by atoms with van der Waals surface area (Å²) in [5, 5.41) is 45.9. The van der Waals surface area contributed by atoms with Crippen LogP contribution in [0.25, 0.3) is 55.6 Å². The Morgan fingerprint density at radius 1 is 0.302 bits per heavy atom. The summed E-state index contributed by atoms with van der Waals surface area (Å²) in [4.78, 5) is 0. The van der Waals surface area contributed by atoms with Crippen LogP contribution in [0.5, 0.6) is 23.0 Å². The van der Waals surface area contributed by atoms with E-state index in [0.29, 0.717) is 22.3 Å². The Kier molecular flexibility index (Phi) is 7.60. The largest absolute Gasteiger partial charge is 0.507 e. The van der Waals surface area contributed by atoms with E-state index < -0.39 is 5.41 Å². The maximum Gasteiger partial charge on any atom is 0.123 e. The topological polar surface area (TPSA) is 80.9 Å². The van der Waals surface area contributed by atoms with E-state index in [2.05, 4.69) is 30.3 Å². The molecule has 1 aliphatic rings. The third-order valence-electron chi connectivity index (χ3n) is 10.6.